The summed E-state index contributed by atoms with van der Waals surface area (Å²) < 4.78 is 53.6. The highest BCUT2D eigenvalue weighted by molar-refractivity contribution is 7.89. The highest BCUT2D eigenvalue weighted by Crippen LogP contribution is 2.28. The third-order valence-electron chi connectivity index (χ3n) is 4.57. The number of ether oxygens (including phenoxy) is 2. The molecule has 0 spiro atoms. The van der Waals surface area contributed by atoms with E-state index in [-0.39, 0.29) is 23.0 Å². The molecule has 0 unspecified atom stereocenters. The van der Waals surface area contributed by atoms with Gasteiger partial charge in [0.05, 0.1) is 19.9 Å². The van der Waals surface area contributed by atoms with Gasteiger partial charge in [-0.2, -0.15) is 4.98 Å². The SMILES string of the molecule is COc1ccc(OC)c(S(=O)(=O)NCCc2csc3nc(-c4cccc(F)c4)nn23)c1. The van der Waals surface area contributed by atoms with Crippen molar-refractivity contribution in [1.29, 1.82) is 0 Å². The van der Waals surface area contributed by atoms with E-state index in [9.17, 15) is 12.8 Å². The fourth-order valence-electron chi connectivity index (χ4n) is 3.03. The topological polar surface area (TPSA) is 94.8 Å². The molecule has 162 valence electrons. The zero-order chi connectivity index (χ0) is 22.0. The number of methoxy groups -OCH3 is 2. The predicted molar refractivity (Wildman–Crippen MR) is 115 cm³/mol. The van der Waals surface area contributed by atoms with Crippen LogP contribution >= 0.6 is 11.3 Å². The molecule has 2 heterocycles. The van der Waals surface area contributed by atoms with Crippen LogP contribution in [0.25, 0.3) is 16.3 Å². The number of fused-ring (bicyclic) bond motifs is 1. The average Bonchev–Trinajstić information content (AvgIpc) is 3.35. The fourth-order valence-corrected chi connectivity index (χ4v) is 5.10. The first kappa shape index (κ1) is 21.2. The Hall–Kier alpha value is -3.02. The molecule has 1 N–H and O–H groups in total. The molecule has 0 saturated carbocycles. The van der Waals surface area contributed by atoms with Gasteiger partial charge in [-0.3, -0.25) is 0 Å². The lowest BCUT2D eigenvalue weighted by Crippen LogP contribution is -2.26. The van der Waals surface area contributed by atoms with Crippen molar-refractivity contribution in [2.24, 2.45) is 0 Å². The summed E-state index contributed by atoms with van der Waals surface area (Å²) in [6.45, 7) is 0.143. The van der Waals surface area contributed by atoms with Crippen molar-refractivity contribution >= 4 is 26.3 Å². The van der Waals surface area contributed by atoms with Gasteiger partial charge in [0.15, 0.2) is 5.82 Å². The van der Waals surface area contributed by atoms with Crippen molar-refractivity contribution in [2.45, 2.75) is 11.3 Å². The van der Waals surface area contributed by atoms with Gasteiger partial charge in [-0.05, 0) is 24.3 Å². The van der Waals surface area contributed by atoms with E-state index in [0.717, 1.165) is 5.69 Å². The minimum Gasteiger partial charge on any atom is -0.497 e. The molecule has 4 aromatic rings. The molecule has 0 fully saturated rings. The molecule has 8 nitrogen and oxygen atoms in total. The number of rotatable bonds is 8. The van der Waals surface area contributed by atoms with E-state index in [0.29, 0.717) is 28.5 Å². The molecule has 0 bridgehead atoms. The Morgan fingerprint density at radius 1 is 1.16 bits per heavy atom. The van der Waals surface area contributed by atoms with Crippen molar-refractivity contribution in [1.82, 2.24) is 19.3 Å². The molecule has 0 aliphatic heterocycles. The molecule has 0 aliphatic rings. The number of nitrogens with zero attached hydrogens (tertiary/aromatic N) is 3. The summed E-state index contributed by atoms with van der Waals surface area (Å²) in [7, 11) is -0.955. The molecular weight excluding hydrogens is 443 g/mol. The molecule has 31 heavy (non-hydrogen) atoms. The Labute approximate surface area is 182 Å². The summed E-state index contributed by atoms with van der Waals surface area (Å²) >= 11 is 1.38. The molecule has 2 aromatic heterocycles. The Morgan fingerprint density at radius 2 is 2.00 bits per heavy atom. The Balaban J connectivity index is 1.51. The third kappa shape index (κ3) is 4.38. The molecular formula is C20H19FN4O4S2. The van der Waals surface area contributed by atoms with Gasteiger partial charge in [0, 0.05) is 30.0 Å². The molecule has 2 aromatic carbocycles. The second kappa shape index (κ2) is 8.61. The van der Waals surface area contributed by atoms with Crippen LogP contribution in [0.15, 0.2) is 52.7 Å². The van der Waals surface area contributed by atoms with E-state index >= 15 is 0 Å². The van der Waals surface area contributed by atoms with Crippen LogP contribution in [0.3, 0.4) is 0 Å². The van der Waals surface area contributed by atoms with Crippen molar-refractivity contribution in [3.63, 3.8) is 0 Å². The summed E-state index contributed by atoms with van der Waals surface area (Å²) in [6, 6.07) is 10.6. The Bertz CT molecular complexity index is 1330. The first-order chi connectivity index (χ1) is 14.9. The minimum absolute atomic E-state index is 0.000961. The maximum Gasteiger partial charge on any atom is 0.244 e. The maximum absolute atomic E-state index is 13.5. The normalized spacial score (nSPS) is 11.7. The highest BCUT2D eigenvalue weighted by Gasteiger charge is 2.21. The number of hydrogen-bond donors (Lipinski definition) is 1. The van der Waals surface area contributed by atoms with Crippen LogP contribution in [-0.4, -0.2) is 43.8 Å². The van der Waals surface area contributed by atoms with Crippen LogP contribution in [0.5, 0.6) is 11.5 Å². The zero-order valence-electron chi connectivity index (χ0n) is 16.7. The van der Waals surface area contributed by atoms with Crippen LogP contribution in [-0.2, 0) is 16.4 Å². The van der Waals surface area contributed by atoms with Crippen molar-refractivity contribution < 1.29 is 22.3 Å². The van der Waals surface area contributed by atoms with Gasteiger partial charge in [-0.25, -0.2) is 22.0 Å². The quantitative estimate of drug-likeness (QED) is 0.432. The highest BCUT2D eigenvalue weighted by atomic mass is 32.2. The Morgan fingerprint density at radius 3 is 2.74 bits per heavy atom. The number of nitrogens with one attached hydrogen (secondary N) is 1. The van der Waals surface area contributed by atoms with E-state index in [1.165, 1.54) is 43.8 Å². The summed E-state index contributed by atoms with van der Waals surface area (Å²) in [4.78, 5) is 5.07. The largest absolute Gasteiger partial charge is 0.497 e. The number of benzene rings is 2. The molecule has 0 atom stereocenters. The number of hydrogen-bond acceptors (Lipinski definition) is 7. The zero-order valence-corrected chi connectivity index (χ0v) is 18.3. The van der Waals surface area contributed by atoms with Gasteiger partial charge < -0.3 is 9.47 Å². The second-order valence-electron chi connectivity index (χ2n) is 6.53. The van der Waals surface area contributed by atoms with Gasteiger partial charge >= 0.3 is 0 Å². The Kier molecular flexibility index (Phi) is 5.90. The van der Waals surface area contributed by atoms with Crippen molar-refractivity contribution in [3.05, 3.63) is 59.4 Å². The number of halogens is 1. The van der Waals surface area contributed by atoms with Crippen LogP contribution in [0, 0.1) is 5.82 Å². The monoisotopic (exact) mass is 462 g/mol. The van der Waals surface area contributed by atoms with E-state index in [4.69, 9.17) is 9.47 Å². The molecule has 0 aliphatic carbocycles. The second-order valence-corrected chi connectivity index (χ2v) is 9.10. The molecule has 0 saturated heterocycles. The summed E-state index contributed by atoms with van der Waals surface area (Å²) in [5.74, 6) is 0.683. The lowest BCUT2D eigenvalue weighted by molar-refractivity contribution is 0.392. The van der Waals surface area contributed by atoms with Crippen LogP contribution in [0.4, 0.5) is 4.39 Å². The van der Waals surface area contributed by atoms with Crippen LogP contribution in [0.2, 0.25) is 0 Å². The molecule has 4 rings (SSSR count). The van der Waals surface area contributed by atoms with Gasteiger partial charge in [0.2, 0.25) is 15.0 Å². The first-order valence-electron chi connectivity index (χ1n) is 9.22. The molecule has 0 amide bonds. The lowest BCUT2D eigenvalue weighted by Gasteiger charge is -2.12. The summed E-state index contributed by atoms with van der Waals surface area (Å²) in [5, 5.41) is 6.31. The number of aromatic nitrogens is 3. The lowest BCUT2D eigenvalue weighted by atomic mass is 10.2. The van der Waals surface area contributed by atoms with Crippen molar-refractivity contribution in [3.8, 4) is 22.9 Å². The van der Waals surface area contributed by atoms with Crippen LogP contribution < -0.4 is 14.2 Å². The predicted octanol–water partition coefficient (Wildman–Crippen LogP) is 3.14. The van der Waals surface area contributed by atoms with E-state index < -0.39 is 10.0 Å². The molecule has 11 heteroatoms. The fraction of sp³-hybridized carbons (Fsp3) is 0.200. The summed E-state index contributed by atoms with van der Waals surface area (Å²) in [6.07, 6.45) is 0.386. The minimum atomic E-state index is -3.82. The van der Waals surface area contributed by atoms with Gasteiger partial charge in [0.1, 0.15) is 22.2 Å². The number of thiazole rings is 1. The smallest absolute Gasteiger partial charge is 0.244 e. The molecule has 0 radical (unpaired) electrons. The van der Waals surface area contributed by atoms with E-state index in [1.54, 1.807) is 28.8 Å². The average molecular weight is 463 g/mol. The van der Waals surface area contributed by atoms with Crippen LogP contribution in [0.1, 0.15) is 5.69 Å². The van der Waals surface area contributed by atoms with Gasteiger partial charge in [-0.15, -0.1) is 16.4 Å². The van der Waals surface area contributed by atoms with Gasteiger partial charge in [0.25, 0.3) is 0 Å². The van der Waals surface area contributed by atoms with E-state index in [2.05, 4.69) is 14.8 Å². The van der Waals surface area contributed by atoms with E-state index in [1.807, 2.05) is 5.38 Å². The first-order valence-corrected chi connectivity index (χ1v) is 11.6. The van der Waals surface area contributed by atoms with Gasteiger partial charge in [-0.1, -0.05) is 12.1 Å². The standard InChI is InChI=1S/C20H19FN4O4S2/c1-28-16-6-7-17(29-2)18(11-16)31(26,27)22-9-8-15-12-30-20-23-19(24-25(15)20)13-4-3-5-14(21)10-13/h3-7,10-12,22H,8-9H2,1-2H3. The summed E-state index contributed by atoms with van der Waals surface area (Å²) in [5.41, 5.74) is 1.36. The third-order valence-corrected chi connectivity index (χ3v) is 6.91. The maximum atomic E-state index is 13.5. The van der Waals surface area contributed by atoms with Crippen molar-refractivity contribution in [2.75, 3.05) is 20.8 Å². The number of sulfonamides is 1.